The molecular formula is C15H14N4O3S. The highest BCUT2D eigenvalue weighted by Gasteiger charge is 2.15. The van der Waals surface area contributed by atoms with Crippen molar-refractivity contribution in [3.63, 3.8) is 0 Å². The quantitative estimate of drug-likeness (QED) is 0.784. The van der Waals surface area contributed by atoms with E-state index in [1.807, 2.05) is 26.0 Å². The zero-order chi connectivity index (χ0) is 16.6. The van der Waals surface area contributed by atoms with Gasteiger partial charge < -0.3 is 5.11 Å². The maximum Gasteiger partial charge on any atom is 0.351 e. The number of carboxylic acids is 1. The third kappa shape index (κ3) is 2.98. The van der Waals surface area contributed by atoms with Crippen molar-refractivity contribution < 1.29 is 9.90 Å². The molecule has 0 aliphatic rings. The first-order valence-electron chi connectivity index (χ1n) is 6.87. The average Bonchev–Trinajstić information content (AvgIpc) is 2.79. The molecule has 0 radical (unpaired) electrons. The Bertz CT molecular complexity index is 961. The predicted octanol–water partition coefficient (Wildman–Crippen LogP) is 1.74. The highest BCUT2D eigenvalue weighted by Crippen LogP contribution is 2.30. The van der Waals surface area contributed by atoms with Crippen LogP contribution in [0.4, 0.5) is 0 Å². The first-order chi connectivity index (χ1) is 11.0. The van der Waals surface area contributed by atoms with E-state index >= 15 is 0 Å². The third-order valence-corrected chi connectivity index (χ3v) is 4.45. The molecule has 0 amide bonds. The Morgan fingerprint density at radius 1 is 1.35 bits per heavy atom. The van der Waals surface area contributed by atoms with Gasteiger partial charge in [0.2, 0.25) is 0 Å². The largest absolute Gasteiger partial charge is 0.480 e. The van der Waals surface area contributed by atoms with Gasteiger partial charge >= 0.3 is 11.7 Å². The highest BCUT2D eigenvalue weighted by molar-refractivity contribution is 7.99. The summed E-state index contributed by atoms with van der Waals surface area (Å²) in [4.78, 5) is 28.3. The first-order valence-corrected chi connectivity index (χ1v) is 7.68. The van der Waals surface area contributed by atoms with Gasteiger partial charge in [0.1, 0.15) is 11.6 Å². The molecule has 3 rings (SSSR count). The van der Waals surface area contributed by atoms with E-state index in [0.717, 1.165) is 15.1 Å². The van der Waals surface area contributed by atoms with Crippen LogP contribution in [0.25, 0.3) is 5.65 Å². The summed E-state index contributed by atoms with van der Waals surface area (Å²) in [5.74, 6) is -1.12. The SMILES string of the molecule is Cc1ccc(Sc2nccn3c(=O)n(CC(=O)O)nc23)c(C)c1. The van der Waals surface area contributed by atoms with E-state index < -0.39 is 18.2 Å². The van der Waals surface area contributed by atoms with Gasteiger partial charge in [0, 0.05) is 17.3 Å². The Kier molecular flexibility index (Phi) is 3.91. The number of aryl methyl sites for hydroxylation is 2. The molecule has 0 bridgehead atoms. The predicted molar refractivity (Wildman–Crippen MR) is 84.9 cm³/mol. The molecule has 8 heteroatoms. The van der Waals surface area contributed by atoms with Crippen molar-refractivity contribution >= 4 is 23.4 Å². The molecule has 2 aromatic heterocycles. The number of fused-ring (bicyclic) bond motifs is 1. The van der Waals surface area contributed by atoms with E-state index in [2.05, 4.69) is 16.1 Å². The van der Waals surface area contributed by atoms with Crippen molar-refractivity contribution in [1.82, 2.24) is 19.2 Å². The summed E-state index contributed by atoms with van der Waals surface area (Å²) >= 11 is 1.40. The fourth-order valence-electron chi connectivity index (χ4n) is 2.25. The van der Waals surface area contributed by atoms with Crippen LogP contribution in [0.15, 0.2) is 45.3 Å². The Hall–Kier alpha value is -2.61. The summed E-state index contributed by atoms with van der Waals surface area (Å²) in [7, 11) is 0. The summed E-state index contributed by atoms with van der Waals surface area (Å²) in [6.07, 6.45) is 2.99. The van der Waals surface area contributed by atoms with E-state index in [1.165, 1.54) is 34.1 Å². The van der Waals surface area contributed by atoms with E-state index in [0.29, 0.717) is 10.7 Å². The minimum absolute atomic E-state index is 0.351. The molecule has 7 nitrogen and oxygen atoms in total. The number of aliphatic carboxylic acids is 1. The van der Waals surface area contributed by atoms with Crippen LogP contribution in [0.1, 0.15) is 11.1 Å². The van der Waals surface area contributed by atoms with Crippen molar-refractivity contribution in [3.05, 3.63) is 52.2 Å². The second-order valence-corrected chi connectivity index (χ2v) is 6.16. The maximum atomic E-state index is 12.1. The molecular weight excluding hydrogens is 316 g/mol. The summed E-state index contributed by atoms with van der Waals surface area (Å²) < 4.78 is 2.23. The van der Waals surface area contributed by atoms with Crippen LogP contribution in [0.3, 0.4) is 0 Å². The van der Waals surface area contributed by atoms with Crippen molar-refractivity contribution in [3.8, 4) is 0 Å². The molecule has 118 valence electrons. The van der Waals surface area contributed by atoms with Gasteiger partial charge in [0.05, 0.1) is 0 Å². The van der Waals surface area contributed by atoms with Gasteiger partial charge in [0.25, 0.3) is 0 Å². The lowest BCUT2D eigenvalue weighted by Crippen LogP contribution is -2.24. The van der Waals surface area contributed by atoms with E-state index in [-0.39, 0.29) is 0 Å². The van der Waals surface area contributed by atoms with Gasteiger partial charge in [-0.05, 0) is 25.5 Å². The summed E-state index contributed by atoms with van der Waals surface area (Å²) in [5, 5.41) is 13.5. The number of carboxylic acid groups (broad SMARTS) is 1. The van der Waals surface area contributed by atoms with Crippen LogP contribution >= 0.6 is 11.8 Å². The van der Waals surface area contributed by atoms with Crippen molar-refractivity contribution in [2.24, 2.45) is 0 Å². The molecule has 0 aliphatic carbocycles. The lowest BCUT2D eigenvalue weighted by molar-refractivity contribution is -0.137. The fraction of sp³-hybridized carbons (Fsp3) is 0.200. The Labute approximate surface area is 135 Å². The van der Waals surface area contributed by atoms with Crippen LogP contribution in [-0.4, -0.2) is 30.2 Å². The number of aromatic nitrogens is 4. The first kappa shape index (κ1) is 15.3. The number of hydrogen-bond donors (Lipinski definition) is 1. The number of rotatable bonds is 4. The van der Waals surface area contributed by atoms with Crippen LogP contribution in [0.5, 0.6) is 0 Å². The summed E-state index contributed by atoms with van der Waals surface area (Å²) in [5.41, 5.74) is 2.13. The normalized spacial score (nSPS) is 11.0. The molecule has 0 fully saturated rings. The summed E-state index contributed by atoms with van der Waals surface area (Å²) in [6, 6.07) is 6.06. The summed E-state index contributed by atoms with van der Waals surface area (Å²) in [6.45, 7) is 3.55. The lowest BCUT2D eigenvalue weighted by Gasteiger charge is -2.06. The number of benzene rings is 1. The van der Waals surface area contributed by atoms with Gasteiger partial charge in [-0.2, -0.15) is 0 Å². The molecule has 0 saturated heterocycles. The zero-order valence-corrected chi connectivity index (χ0v) is 13.4. The molecule has 1 aromatic carbocycles. The van der Waals surface area contributed by atoms with Crippen molar-refractivity contribution in [2.45, 2.75) is 30.3 Å². The minimum atomic E-state index is -1.12. The van der Waals surface area contributed by atoms with Gasteiger partial charge in [-0.1, -0.05) is 29.5 Å². The monoisotopic (exact) mass is 330 g/mol. The maximum absolute atomic E-state index is 12.1. The topological polar surface area (TPSA) is 89.5 Å². The highest BCUT2D eigenvalue weighted by atomic mass is 32.2. The van der Waals surface area contributed by atoms with Crippen LogP contribution in [0.2, 0.25) is 0 Å². The molecule has 0 unspecified atom stereocenters. The molecule has 0 spiro atoms. The molecule has 2 heterocycles. The zero-order valence-electron chi connectivity index (χ0n) is 12.6. The Balaban J connectivity index is 2.07. The number of carbonyl (C=O) groups is 1. The van der Waals surface area contributed by atoms with Crippen molar-refractivity contribution in [1.29, 1.82) is 0 Å². The van der Waals surface area contributed by atoms with Gasteiger partial charge in [-0.15, -0.1) is 5.10 Å². The van der Waals surface area contributed by atoms with E-state index in [4.69, 9.17) is 5.11 Å². The van der Waals surface area contributed by atoms with Gasteiger partial charge in [0.15, 0.2) is 5.65 Å². The second kappa shape index (κ2) is 5.88. The van der Waals surface area contributed by atoms with E-state index in [9.17, 15) is 9.59 Å². The third-order valence-electron chi connectivity index (χ3n) is 3.29. The lowest BCUT2D eigenvalue weighted by atomic mass is 10.2. The minimum Gasteiger partial charge on any atom is -0.480 e. The molecule has 1 N–H and O–H groups in total. The molecule has 0 aliphatic heterocycles. The molecule has 0 atom stereocenters. The number of hydrogen-bond acceptors (Lipinski definition) is 5. The number of nitrogens with zero attached hydrogens (tertiary/aromatic N) is 4. The molecule has 3 aromatic rings. The smallest absolute Gasteiger partial charge is 0.351 e. The molecule has 0 saturated carbocycles. The van der Waals surface area contributed by atoms with E-state index in [1.54, 1.807) is 0 Å². The Morgan fingerprint density at radius 3 is 2.83 bits per heavy atom. The van der Waals surface area contributed by atoms with Gasteiger partial charge in [-0.25, -0.2) is 18.9 Å². The Morgan fingerprint density at radius 2 is 2.13 bits per heavy atom. The van der Waals surface area contributed by atoms with Crippen LogP contribution < -0.4 is 5.69 Å². The van der Waals surface area contributed by atoms with Crippen LogP contribution in [-0.2, 0) is 11.3 Å². The average molecular weight is 330 g/mol. The molecule has 23 heavy (non-hydrogen) atoms. The fourth-order valence-corrected chi connectivity index (χ4v) is 3.16. The van der Waals surface area contributed by atoms with Crippen LogP contribution in [0, 0.1) is 13.8 Å². The standard InChI is InChI=1S/C15H14N4O3S/c1-9-3-4-11(10(2)7-9)23-14-13-17-19(8-12(20)21)15(22)18(13)6-5-16-14/h3-7H,8H2,1-2H3,(H,20,21). The van der Waals surface area contributed by atoms with Crippen molar-refractivity contribution in [2.75, 3.05) is 0 Å². The van der Waals surface area contributed by atoms with Gasteiger partial charge in [-0.3, -0.25) is 4.79 Å². The second-order valence-electron chi connectivity index (χ2n) is 5.13.